The fourth-order valence-electron chi connectivity index (χ4n) is 4.13. The summed E-state index contributed by atoms with van der Waals surface area (Å²) in [7, 11) is -3.80. The highest BCUT2D eigenvalue weighted by Crippen LogP contribution is 2.29. The predicted octanol–water partition coefficient (Wildman–Crippen LogP) is 1.17. The maximum absolute atomic E-state index is 13.5. The number of amides is 1. The lowest BCUT2D eigenvalue weighted by molar-refractivity contribution is 0.0788. The van der Waals surface area contributed by atoms with E-state index in [4.69, 9.17) is 0 Å². The van der Waals surface area contributed by atoms with Gasteiger partial charge in [-0.3, -0.25) is 4.79 Å². The fraction of sp³-hybridized carbons (Fsp3) is 0.526. The molecule has 1 amide bonds. The number of hydrogen-bond donors (Lipinski definition) is 1. The molecule has 0 unspecified atom stereocenters. The summed E-state index contributed by atoms with van der Waals surface area (Å²) >= 11 is 0. The van der Waals surface area contributed by atoms with E-state index in [0.717, 1.165) is 12.8 Å². The molecule has 2 aromatic heterocycles. The number of rotatable bonds is 4. The molecule has 0 bridgehead atoms. The van der Waals surface area contributed by atoms with Gasteiger partial charge in [0.15, 0.2) is 0 Å². The Balaban J connectivity index is 1.59. The minimum absolute atomic E-state index is 0.122. The first-order valence-corrected chi connectivity index (χ1v) is 11.3. The van der Waals surface area contributed by atoms with Crippen molar-refractivity contribution in [3.05, 3.63) is 35.4 Å². The van der Waals surface area contributed by atoms with Gasteiger partial charge in [0.05, 0.1) is 5.56 Å². The maximum Gasteiger partial charge on any atom is 0.257 e. The molecule has 156 valence electrons. The highest BCUT2D eigenvalue weighted by atomic mass is 32.2. The molecule has 0 saturated carbocycles. The Morgan fingerprint density at radius 2 is 1.59 bits per heavy atom. The number of piperazine rings is 1. The van der Waals surface area contributed by atoms with E-state index in [1.54, 1.807) is 37.2 Å². The van der Waals surface area contributed by atoms with Crippen LogP contribution in [0.25, 0.3) is 0 Å². The van der Waals surface area contributed by atoms with Gasteiger partial charge in [-0.25, -0.2) is 18.4 Å². The van der Waals surface area contributed by atoms with Crippen LogP contribution in [0, 0.1) is 13.8 Å². The molecule has 2 fully saturated rings. The second kappa shape index (κ2) is 7.75. The number of sulfonamides is 1. The number of nitrogens with zero attached hydrogens (tertiary/aromatic N) is 5. The minimum Gasteiger partial charge on any atom is -0.361 e. The standard InChI is InChI=1S/C19H26N6O3S/c1-14-16(18(26)23-8-3-4-9-23)17(15(2)22-14)29(27,28)25-12-10-24(11-13-25)19-20-6-5-7-21-19/h5-7,22H,3-4,8-13H2,1-2H3. The molecule has 0 radical (unpaired) electrons. The normalized spacial score (nSPS) is 18.4. The summed E-state index contributed by atoms with van der Waals surface area (Å²) < 4.78 is 28.4. The lowest BCUT2D eigenvalue weighted by atomic mass is 10.2. The van der Waals surface area contributed by atoms with Crippen LogP contribution < -0.4 is 4.90 Å². The van der Waals surface area contributed by atoms with E-state index in [-0.39, 0.29) is 10.8 Å². The molecule has 2 saturated heterocycles. The Morgan fingerprint density at radius 1 is 0.966 bits per heavy atom. The number of carbonyl (C=O) groups excluding carboxylic acids is 1. The largest absolute Gasteiger partial charge is 0.361 e. The van der Waals surface area contributed by atoms with Gasteiger partial charge in [0.25, 0.3) is 5.91 Å². The molecule has 0 atom stereocenters. The molecule has 29 heavy (non-hydrogen) atoms. The van der Waals surface area contributed by atoms with E-state index in [2.05, 4.69) is 15.0 Å². The summed E-state index contributed by atoms with van der Waals surface area (Å²) in [6.45, 7) is 6.48. The molecule has 9 nitrogen and oxygen atoms in total. The number of nitrogens with one attached hydrogen (secondary N) is 1. The zero-order valence-corrected chi connectivity index (χ0v) is 17.6. The quantitative estimate of drug-likeness (QED) is 0.800. The number of likely N-dealkylation sites (tertiary alicyclic amines) is 1. The number of aromatic amines is 1. The monoisotopic (exact) mass is 418 g/mol. The predicted molar refractivity (Wildman–Crippen MR) is 108 cm³/mol. The summed E-state index contributed by atoms with van der Waals surface area (Å²) in [5.74, 6) is 0.405. The van der Waals surface area contributed by atoms with Gasteiger partial charge in [-0.2, -0.15) is 4.31 Å². The van der Waals surface area contributed by atoms with Gasteiger partial charge in [0.2, 0.25) is 16.0 Å². The maximum atomic E-state index is 13.5. The Labute approximate surface area is 170 Å². The first kappa shape index (κ1) is 19.8. The van der Waals surface area contributed by atoms with Crippen molar-refractivity contribution >= 4 is 21.9 Å². The molecule has 4 rings (SSSR count). The summed E-state index contributed by atoms with van der Waals surface area (Å²) in [5.41, 5.74) is 1.41. The van der Waals surface area contributed by atoms with E-state index in [1.165, 1.54) is 4.31 Å². The lowest BCUT2D eigenvalue weighted by Crippen LogP contribution is -2.49. The van der Waals surface area contributed by atoms with Gasteiger partial charge in [0, 0.05) is 63.1 Å². The topological polar surface area (TPSA) is 103 Å². The highest BCUT2D eigenvalue weighted by molar-refractivity contribution is 7.89. The minimum atomic E-state index is -3.80. The average molecular weight is 419 g/mol. The second-order valence-electron chi connectivity index (χ2n) is 7.52. The SMILES string of the molecule is Cc1[nH]c(C)c(S(=O)(=O)N2CCN(c3ncccn3)CC2)c1C(=O)N1CCCC1. The molecule has 10 heteroatoms. The molecular weight excluding hydrogens is 392 g/mol. The number of carbonyl (C=O) groups is 1. The molecule has 2 aliphatic heterocycles. The van der Waals surface area contributed by atoms with Crippen LogP contribution in [0.3, 0.4) is 0 Å². The smallest absolute Gasteiger partial charge is 0.257 e. The van der Waals surface area contributed by atoms with Crippen LogP contribution in [-0.4, -0.2) is 77.8 Å². The summed E-state index contributed by atoms with van der Waals surface area (Å²) in [5, 5.41) is 0. The van der Waals surface area contributed by atoms with Gasteiger partial charge < -0.3 is 14.8 Å². The van der Waals surface area contributed by atoms with Crippen LogP contribution in [0.15, 0.2) is 23.4 Å². The van der Waals surface area contributed by atoms with Gasteiger partial charge in [0.1, 0.15) is 4.90 Å². The number of aryl methyl sites for hydroxylation is 2. The van der Waals surface area contributed by atoms with Crippen LogP contribution >= 0.6 is 0 Å². The van der Waals surface area contributed by atoms with E-state index in [9.17, 15) is 13.2 Å². The van der Waals surface area contributed by atoms with Gasteiger partial charge in [-0.1, -0.05) is 0 Å². The highest BCUT2D eigenvalue weighted by Gasteiger charge is 2.37. The molecule has 2 aliphatic rings. The van der Waals surface area contributed by atoms with Crippen molar-refractivity contribution in [2.45, 2.75) is 31.6 Å². The third-order valence-electron chi connectivity index (χ3n) is 5.60. The Morgan fingerprint density at radius 3 is 2.21 bits per heavy atom. The average Bonchev–Trinajstić information content (AvgIpc) is 3.36. The molecule has 2 aromatic rings. The van der Waals surface area contributed by atoms with Crippen LogP contribution in [0.5, 0.6) is 0 Å². The molecule has 0 aliphatic carbocycles. The van der Waals surface area contributed by atoms with Crippen LogP contribution in [0.1, 0.15) is 34.6 Å². The molecule has 4 heterocycles. The molecule has 0 spiro atoms. The number of H-pyrrole nitrogens is 1. The third kappa shape index (κ3) is 3.62. The summed E-state index contributed by atoms with van der Waals surface area (Å²) in [4.78, 5) is 28.5. The van der Waals surface area contributed by atoms with Crippen molar-refractivity contribution in [1.82, 2.24) is 24.2 Å². The van der Waals surface area contributed by atoms with E-state index in [0.29, 0.717) is 62.2 Å². The van der Waals surface area contributed by atoms with Gasteiger partial charge in [-0.05, 0) is 32.8 Å². The number of anilines is 1. The Hall–Kier alpha value is -2.46. The van der Waals surface area contributed by atoms with E-state index >= 15 is 0 Å². The van der Waals surface area contributed by atoms with E-state index in [1.807, 2.05) is 4.90 Å². The zero-order chi connectivity index (χ0) is 20.6. The first-order chi connectivity index (χ1) is 13.9. The van der Waals surface area contributed by atoms with Crippen molar-refractivity contribution in [3.63, 3.8) is 0 Å². The van der Waals surface area contributed by atoms with Crippen molar-refractivity contribution in [3.8, 4) is 0 Å². The van der Waals surface area contributed by atoms with Crippen molar-refractivity contribution in [1.29, 1.82) is 0 Å². The van der Waals surface area contributed by atoms with Crippen LogP contribution in [0.4, 0.5) is 5.95 Å². The summed E-state index contributed by atoms with van der Waals surface area (Å²) in [6, 6.07) is 1.75. The third-order valence-corrected chi connectivity index (χ3v) is 7.67. The molecule has 0 aromatic carbocycles. The van der Waals surface area contributed by atoms with Crippen molar-refractivity contribution in [2.75, 3.05) is 44.2 Å². The Bertz CT molecular complexity index is 990. The summed E-state index contributed by atoms with van der Waals surface area (Å²) in [6.07, 6.45) is 5.26. The Kier molecular flexibility index (Phi) is 5.30. The molecule has 1 N–H and O–H groups in total. The number of hydrogen-bond acceptors (Lipinski definition) is 6. The van der Waals surface area contributed by atoms with E-state index < -0.39 is 10.0 Å². The first-order valence-electron chi connectivity index (χ1n) is 9.90. The zero-order valence-electron chi connectivity index (χ0n) is 16.8. The van der Waals surface area contributed by atoms with Crippen molar-refractivity contribution in [2.24, 2.45) is 0 Å². The van der Waals surface area contributed by atoms with Gasteiger partial charge >= 0.3 is 0 Å². The van der Waals surface area contributed by atoms with Gasteiger partial charge in [-0.15, -0.1) is 0 Å². The fourth-order valence-corrected chi connectivity index (χ4v) is 5.97. The number of aromatic nitrogens is 3. The second-order valence-corrected chi connectivity index (χ2v) is 9.39. The van der Waals surface area contributed by atoms with Crippen LogP contribution in [-0.2, 0) is 10.0 Å². The molecular formula is C19H26N6O3S. The van der Waals surface area contributed by atoms with Crippen molar-refractivity contribution < 1.29 is 13.2 Å². The lowest BCUT2D eigenvalue weighted by Gasteiger charge is -2.34. The van der Waals surface area contributed by atoms with Crippen LogP contribution in [0.2, 0.25) is 0 Å².